The van der Waals surface area contributed by atoms with Crippen molar-refractivity contribution < 1.29 is 0 Å². The number of hydrogen-bond donors (Lipinski definition) is 0. The van der Waals surface area contributed by atoms with Crippen molar-refractivity contribution >= 4 is 99.8 Å². The zero-order chi connectivity index (χ0) is 44.5. The SMILES string of the molecule is C1=CCCC(c2c3cc(N(c4ccccc4)c4ccccc4)ccc3c(N(c3ccc4ccccc4c3)c3ccc4ccccc4c3)c3cc(N(c4ccccc4)c4ccccc4)ccc23)=C1. The molecule has 0 unspecified atom stereocenters. The standard InChI is InChI=1S/C64H47N3/c1-6-22-48(23-7-1)63-59-40-38-58(66(53-30-12-4-13-31-53)54-32-14-5-15-33-54)45-62(59)64(60-41-39-57(44-61(60)63)65(51-26-8-2-9-27-51)52-28-10-3-11-29-52)67(55-36-34-46-20-16-18-24-49(46)42-55)56-37-35-47-21-17-19-25-50(47)43-56/h1-6,8-22,24-45H,7,23H2. The van der Waals surface area contributed by atoms with E-state index in [1.54, 1.807) is 0 Å². The molecule has 0 bridgehead atoms. The summed E-state index contributed by atoms with van der Waals surface area (Å²) in [4.78, 5) is 7.29. The van der Waals surface area contributed by atoms with Gasteiger partial charge in [-0.3, -0.25) is 0 Å². The summed E-state index contributed by atoms with van der Waals surface area (Å²) in [6, 6.07) is 88.5. The van der Waals surface area contributed by atoms with Crippen LogP contribution >= 0.6 is 0 Å². The molecular formula is C64H47N3. The van der Waals surface area contributed by atoms with Gasteiger partial charge in [0.25, 0.3) is 0 Å². The number of nitrogens with zero attached hydrogens (tertiary/aromatic N) is 3. The Morgan fingerprint density at radius 1 is 0.284 bits per heavy atom. The van der Waals surface area contributed by atoms with Crippen molar-refractivity contribution in [2.24, 2.45) is 0 Å². The Kier molecular flexibility index (Phi) is 10.3. The van der Waals surface area contributed by atoms with Crippen molar-refractivity contribution in [2.45, 2.75) is 12.8 Å². The van der Waals surface area contributed by atoms with Crippen molar-refractivity contribution in [1.29, 1.82) is 0 Å². The molecule has 12 rings (SSSR count). The first kappa shape index (κ1) is 39.9. The van der Waals surface area contributed by atoms with Gasteiger partial charge >= 0.3 is 0 Å². The topological polar surface area (TPSA) is 9.72 Å². The molecule has 0 radical (unpaired) electrons. The Morgan fingerprint density at radius 2 is 0.687 bits per heavy atom. The number of hydrogen-bond acceptors (Lipinski definition) is 3. The van der Waals surface area contributed by atoms with Crippen LogP contribution in [-0.2, 0) is 0 Å². The fraction of sp³-hybridized carbons (Fsp3) is 0.0312. The largest absolute Gasteiger partial charge is 0.310 e. The molecule has 1 aliphatic rings. The number of para-hydroxylation sites is 4. The first-order chi connectivity index (χ1) is 33.2. The second kappa shape index (κ2) is 17.4. The van der Waals surface area contributed by atoms with Crippen LogP contribution in [0.1, 0.15) is 18.4 Å². The molecule has 0 saturated carbocycles. The van der Waals surface area contributed by atoms with Crippen LogP contribution in [0.2, 0.25) is 0 Å². The van der Waals surface area contributed by atoms with Crippen molar-refractivity contribution in [1.82, 2.24) is 0 Å². The Labute approximate surface area is 392 Å². The lowest BCUT2D eigenvalue weighted by Crippen LogP contribution is -2.14. The molecule has 0 amide bonds. The smallest absolute Gasteiger partial charge is 0.0619 e. The maximum atomic E-state index is 2.52. The van der Waals surface area contributed by atoms with Crippen molar-refractivity contribution in [3.63, 3.8) is 0 Å². The minimum Gasteiger partial charge on any atom is -0.310 e. The molecule has 0 fully saturated rings. The summed E-state index contributed by atoms with van der Waals surface area (Å²) in [7, 11) is 0. The zero-order valence-corrected chi connectivity index (χ0v) is 37.1. The van der Waals surface area contributed by atoms with E-state index in [0.717, 1.165) is 64.0 Å². The van der Waals surface area contributed by atoms with Gasteiger partial charge in [0.05, 0.1) is 5.69 Å². The van der Waals surface area contributed by atoms with E-state index >= 15 is 0 Å². The third-order valence-electron chi connectivity index (χ3n) is 13.2. The van der Waals surface area contributed by atoms with E-state index in [-0.39, 0.29) is 0 Å². The van der Waals surface area contributed by atoms with Crippen molar-refractivity contribution in [3.05, 3.63) is 266 Å². The van der Waals surface area contributed by atoms with E-state index in [1.807, 2.05) is 0 Å². The fourth-order valence-corrected chi connectivity index (χ4v) is 10.1. The van der Waals surface area contributed by atoms with E-state index in [0.29, 0.717) is 0 Å². The Morgan fingerprint density at radius 3 is 1.15 bits per heavy atom. The van der Waals surface area contributed by atoms with E-state index in [1.165, 1.54) is 54.2 Å². The first-order valence-corrected chi connectivity index (χ1v) is 23.2. The molecule has 3 heteroatoms. The summed E-state index contributed by atoms with van der Waals surface area (Å²) in [5.41, 5.74) is 12.5. The fourth-order valence-electron chi connectivity index (χ4n) is 10.1. The van der Waals surface area contributed by atoms with Crippen LogP contribution in [-0.4, -0.2) is 0 Å². The molecule has 1 aliphatic carbocycles. The molecule has 11 aromatic rings. The highest BCUT2D eigenvalue weighted by Gasteiger charge is 2.26. The lowest BCUT2D eigenvalue weighted by molar-refractivity contribution is 1.06. The zero-order valence-electron chi connectivity index (χ0n) is 37.1. The van der Waals surface area contributed by atoms with Gasteiger partial charge in [-0.1, -0.05) is 164 Å². The normalized spacial score (nSPS) is 12.4. The van der Waals surface area contributed by atoms with Gasteiger partial charge in [0, 0.05) is 56.3 Å². The highest BCUT2D eigenvalue weighted by molar-refractivity contribution is 6.21. The molecule has 0 N–H and O–H groups in total. The predicted molar refractivity (Wildman–Crippen MR) is 287 cm³/mol. The van der Waals surface area contributed by atoms with E-state index in [2.05, 4.69) is 276 Å². The van der Waals surface area contributed by atoms with E-state index in [9.17, 15) is 0 Å². The molecule has 11 aromatic carbocycles. The maximum Gasteiger partial charge on any atom is 0.0619 e. The van der Waals surface area contributed by atoms with Gasteiger partial charge in [-0.05, 0) is 153 Å². The summed E-state index contributed by atoms with van der Waals surface area (Å²) in [6.45, 7) is 0. The molecule has 0 spiro atoms. The molecule has 0 aromatic heterocycles. The summed E-state index contributed by atoms with van der Waals surface area (Å²) in [5, 5.41) is 9.57. The molecule has 67 heavy (non-hydrogen) atoms. The summed E-state index contributed by atoms with van der Waals surface area (Å²) >= 11 is 0. The van der Waals surface area contributed by atoms with Crippen molar-refractivity contribution in [3.8, 4) is 0 Å². The minimum atomic E-state index is 0.951. The number of allylic oxidation sites excluding steroid dienone is 4. The van der Waals surface area contributed by atoms with Crippen molar-refractivity contribution in [2.75, 3.05) is 14.7 Å². The first-order valence-electron chi connectivity index (χ1n) is 23.2. The molecule has 318 valence electrons. The number of anilines is 9. The monoisotopic (exact) mass is 857 g/mol. The van der Waals surface area contributed by atoms with Crippen LogP contribution in [0.3, 0.4) is 0 Å². The minimum absolute atomic E-state index is 0.951. The van der Waals surface area contributed by atoms with Gasteiger partial charge in [0.1, 0.15) is 0 Å². The van der Waals surface area contributed by atoms with Crippen LogP contribution in [0.5, 0.6) is 0 Å². The number of rotatable bonds is 10. The lowest BCUT2D eigenvalue weighted by atomic mass is 9.86. The van der Waals surface area contributed by atoms with Crippen LogP contribution in [0.4, 0.5) is 51.2 Å². The average Bonchev–Trinajstić information content (AvgIpc) is 3.40. The highest BCUT2D eigenvalue weighted by atomic mass is 15.2. The van der Waals surface area contributed by atoms with E-state index < -0.39 is 0 Å². The Balaban J connectivity index is 1.23. The third-order valence-corrected chi connectivity index (χ3v) is 13.2. The van der Waals surface area contributed by atoms with Crippen LogP contribution < -0.4 is 14.7 Å². The van der Waals surface area contributed by atoms with Gasteiger partial charge in [-0.2, -0.15) is 0 Å². The van der Waals surface area contributed by atoms with Crippen LogP contribution in [0.25, 0.3) is 48.7 Å². The quantitative estimate of drug-likeness (QED) is 0.127. The van der Waals surface area contributed by atoms with Gasteiger partial charge in [0.15, 0.2) is 0 Å². The second-order valence-corrected chi connectivity index (χ2v) is 17.3. The summed E-state index contributed by atoms with van der Waals surface area (Å²) < 4.78 is 0. The van der Waals surface area contributed by atoms with Gasteiger partial charge < -0.3 is 14.7 Å². The molecule has 0 aliphatic heterocycles. The highest BCUT2D eigenvalue weighted by Crippen LogP contribution is 2.51. The van der Waals surface area contributed by atoms with E-state index in [4.69, 9.17) is 0 Å². The van der Waals surface area contributed by atoms with Gasteiger partial charge in [-0.25, -0.2) is 0 Å². The van der Waals surface area contributed by atoms with Crippen LogP contribution in [0.15, 0.2) is 261 Å². The van der Waals surface area contributed by atoms with Gasteiger partial charge in [-0.15, -0.1) is 0 Å². The summed E-state index contributed by atoms with van der Waals surface area (Å²) in [5.74, 6) is 0. The Bertz CT molecular complexity index is 3480. The average molecular weight is 858 g/mol. The molecule has 0 atom stereocenters. The number of benzene rings is 11. The van der Waals surface area contributed by atoms with Gasteiger partial charge in [0.2, 0.25) is 0 Å². The summed E-state index contributed by atoms with van der Waals surface area (Å²) in [6.07, 6.45) is 8.81. The molecule has 0 saturated heterocycles. The predicted octanol–water partition coefficient (Wildman–Crippen LogP) is 18.4. The lowest BCUT2D eigenvalue weighted by Gasteiger charge is -2.32. The van der Waals surface area contributed by atoms with Crippen LogP contribution in [0, 0.1) is 0 Å². The molecule has 3 nitrogen and oxygen atoms in total. The molecular weight excluding hydrogens is 811 g/mol. The third kappa shape index (κ3) is 7.47. The number of fused-ring (bicyclic) bond motifs is 4. The maximum absolute atomic E-state index is 2.52. The molecule has 0 heterocycles. The Hall–Kier alpha value is -8.66. The second-order valence-electron chi connectivity index (χ2n) is 17.3.